The topological polar surface area (TPSA) is 48.4 Å². The first kappa shape index (κ1) is 16.2. The molecule has 0 atom stereocenters. The molecule has 0 saturated heterocycles. The molecule has 1 heterocycles. The molecule has 0 aliphatic rings. The van der Waals surface area contributed by atoms with Gasteiger partial charge in [-0.3, -0.25) is 0 Å². The summed E-state index contributed by atoms with van der Waals surface area (Å²) in [5, 5.41) is 3.04. The summed E-state index contributed by atoms with van der Waals surface area (Å²) < 4.78 is 10.5. The second-order valence-corrected chi connectivity index (χ2v) is 6.16. The summed E-state index contributed by atoms with van der Waals surface area (Å²) in [6.45, 7) is 2.38. The number of carbonyl (C=O) groups excluding carboxylic acids is 1. The molecular formula is C19H17NO3S. The number of hydrogen-bond donors (Lipinski definition) is 0. The Balaban J connectivity index is 1.66. The third kappa shape index (κ3) is 3.81. The van der Waals surface area contributed by atoms with E-state index in [-0.39, 0.29) is 5.97 Å². The minimum Gasteiger partial charge on any atom is -0.489 e. The zero-order valence-corrected chi connectivity index (χ0v) is 14.3. The lowest BCUT2D eigenvalue weighted by atomic mass is 10.1. The van der Waals surface area contributed by atoms with E-state index in [0.29, 0.717) is 12.2 Å². The van der Waals surface area contributed by atoms with Crippen molar-refractivity contribution in [3.05, 3.63) is 70.7 Å². The van der Waals surface area contributed by atoms with E-state index in [4.69, 9.17) is 9.47 Å². The Morgan fingerprint density at radius 2 is 1.96 bits per heavy atom. The van der Waals surface area contributed by atoms with Crippen LogP contribution in [0.1, 0.15) is 21.6 Å². The van der Waals surface area contributed by atoms with Crippen molar-refractivity contribution < 1.29 is 14.3 Å². The van der Waals surface area contributed by atoms with Crippen LogP contribution in [0.15, 0.2) is 53.9 Å². The number of carbonyl (C=O) groups is 1. The number of aromatic nitrogens is 1. The fourth-order valence-electron chi connectivity index (χ4n) is 2.25. The van der Waals surface area contributed by atoms with Gasteiger partial charge in [-0.15, -0.1) is 11.3 Å². The summed E-state index contributed by atoms with van der Waals surface area (Å²) in [6.07, 6.45) is 0. The van der Waals surface area contributed by atoms with Crippen LogP contribution in [-0.4, -0.2) is 18.1 Å². The van der Waals surface area contributed by atoms with Gasteiger partial charge in [0.25, 0.3) is 0 Å². The molecule has 0 radical (unpaired) electrons. The van der Waals surface area contributed by atoms with E-state index in [1.54, 1.807) is 23.5 Å². The minimum absolute atomic E-state index is 0.347. The summed E-state index contributed by atoms with van der Waals surface area (Å²) in [7, 11) is 1.37. The number of rotatable bonds is 5. The Bertz CT molecular complexity index is 840. The van der Waals surface area contributed by atoms with E-state index in [2.05, 4.69) is 4.98 Å². The summed E-state index contributed by atoms with van der Waals surface area (Å²) in [6, 6.07) is 15.1. The van der Waals surface area contributed by atoms with Gasteiger partial charge in [0.2, 0.25) is 0 Å². The van der Waals surface area contributed by atoms with Gasteiger partial charge in [0.05, 0.1) is 12.7 Å². The Morgan fingerprint density at radius 3 is 2.62 bits per heavy atom. The number of aryl methyl sites for hydroxylation is 1. The maximum Gasteiger partial charge on any atom is 0.337 e. The van der Waals surface area contributed by atoms with E-state index in [0.717, 1.165) is 27.6 Å². The molecule has 0 aliphatic carbocycles. The fraction of sp³-hybridized carbons (Fsp3) is 0.158. The SMILES string of the molecule is COC(=O)c1cccc(COc2ccc(-c3nc(C)cs3)cc2)c1. The highest BCUT2D eigenvalue weighted by Crippen LogP contribution is 2.25. The van der Waals surface area contributed by atoms with Gasteiger partial charge in [0.15, 0.2) is 0 Å². The molecular weight excluding hydrogens is 322 g/mol. The summed E-state index contributed by atoms with van der Waals surface area (Å²) in [5.41, 5.74) is 3.54. The molecule has 1 aromatic heterocycles. The molecule has 0 unspecified atom stereocenters. The zero-order chi connectivity index (χ0) is 16.9. The number of methoxy groups -OCH3 is 1. The first-order valence-electron chi connectivity index (χ1n) is 7.48. The van der Waals surface area contributed by atoms with Gasteiger partial charge in [-0.05, 0) is 48.9 Å². The van der Waals surface area contributed by atoms with Crippen molar-refractivity contribution in [2.45, 2.75) is 13.5 Å². The van der Waals surface area contributed by atoms with E-state index in [9.17, 15) is 4.79 Å². The van der Waals surface area contributed by atoms with Gasteiger partial charge >= 0.3 is 5.97 Å². The van der Waals surface area contributed by atoms with Crippen LogP contribution in [0, 0.1) is 6.92 Å². The molecule has 0 saturated carbocycles. The Morgan fingerprint density at radius 1 is 1.17 bits per heavy atom. The predicted octanol–water partition coefficient (Wildman–Crippen LogP) is 4.48. The highest BCUT2D eigenvalue weighted by atomic mass is 32.1. The average molecular weight is 339 g/mol. The highest BCUT2D eigenvalue weighted by Gasteiger charge is 2.06. The van der Waals surface area contributed by atoms with Gasteiger partial charge in [-0.2, -0.15) is 0 Å². The molecule has 2 aromatic carbocycles. The number of esters is 1. The molecule has 0 aliphatic heterocycles. The van der Waals surface area contributed by atoms with Crippen LogP contribution in [0.3, 0.4) is 0 Å². The third-order valence-electron chi connectivity index (χ3n) is 3.47. The molecule has 0 amide bonds. The second kappa shape index (κ2) is 7.27. The number of hydrogen-bond acceptors (Lipinski definition) is 5. The lowest BCUT2D eigenvalue weighted by molar-refractivity contribution is 0.0600. The van der Waals surface area contributed by atoms with Crippen molar-refractivity contribution in [3.8, 4) is 16.3 Å². The van der Waals surface area contributed by atoms with Crippen LogP contribution in [0.5, 0.6) is 5.75 Å². The van der Waals surface area contributed by atoms with Crippen molar-refractivity contribution >= 4 is 17.3 Å². The molecule has 0 N–H and O–H groups in total. The molecule has 0 fully saturated rings. The van der Waals surface area contributed by atoms with Gasteiger partial charge < -0.3 is 9.47 Å². The van der Waals surface area contributed by atoms with Gasteiger partial charge in [-0.25, -0.2) is 9.78 Å². The largest absolute Gasteiger partial charge is 0.489 e. The summed E-state index contributed by atoms with van der Waals surface area (Å²) in [4.78, 5) is 16.0. The first-order chi connectivity index (χ1) is 11.7. The fourth-order valence-corrected chi connectivity index (χ4v) is 3.06. The maximum atomic E-state index is 11.5. The Kier molecular flexibility index (Phi) is 4.91. The lowest BCUT2D eigenvalue weighted by Gasteiger charge is -2.08. The highest BCUT2D eigenvalue weighted by molar-refractivity contribution is 7.13. The average Bonchev–Trinajstić information content (AvgIpc) is 3.06. The summed E-state index contributed by atoms with van der Waals surface area (Å²) in [5.74, 6) is 0.426. The molecule has 122 valence electrons. The molecule has 3 aromatic rings. The zero-order valence-electron chi connectivity index (χ0n) is 13.5. The minimum atomic E-state index is -0.347. The van der Waals surface area contributed by atoms with E-state index in [1.807, 2.05) is 48.7 Å². The number of benzene rings is 2. The first-order valence-corrected chi connectivity index (χ1v) is 8.36. The Labute approximate surface area is 144 Å². The maximum absolute atomic E-state index is 11.5. The number of nitrogens with zero attached hydrogens (tertiary/aromatic N) is 1. The molecule has 24 heavy (non-hydrogen) atoms. The lowest BCUT2D eigenvalue weighted by Crippen LogP contribution is -2.03. The quantitative estimate of drug-likeness (QED) is 0.643. The van der Waals surface area contributed by atoms with Crippen LogP contribution in [0.4, 0.5) is 0 Å². The third-order valence-corrected chi connectivity index (χ3v) is 4.48. The smallest absolute Gasteiger partial charge is 0.337 e. The number of thiazole rings is 1. The van der Waals surface area contributed by atoms with E-state index < -0.39 is 0 Å². The normalized spacial score (nSPS) is 10.4. The van der Waals surface area contributed by atoms with Crippen molar-refractivity contribution in [3.63, 3.8) is 0 Å². The van der Waals surface area contributed by atoms with Gasteiger partial charge in [-0.1, -0.05) is 12.1 Å². The van der Waals surface area contributed by atoms with Crippen molar-refractivity contribution in [2.75, 3.05) is 7.11 Å². The van der Waals surface area contributed by atoms with E-state index in [1.165, 1.54) is 7.11 Å². The van der Waals surface area contributed by atoms with Crippen molar-refractivity contribution in [1.29, 1.82) is 0 Å². The van der Waals surface area contributed by atoms with Crippen LogP contribution < -0.4 is 4.74 Å². The monoisotopic (exact) mass is 339 g/mol. The van der Waals surface area contributed by atoms with E-state index >= 15 is 0 Å². The molecule has 3 rings (SSSR count). The summed E-state index contributed by atoms with van der Waals surface area (Å²) >= 11 is 1.63. The van der Waals surface area contributed by atoms with Crippen LogP contribution in [-0.2, 0) is 11.3 Å². The standard InChI is InChI=1S/C19H17NO3S/c1-13-12-24-18(20-13)15-6-8-17(9-7-15)23-11-14-4-3-5-16(10-14)19(21)22-2/h3-10,12H,11H2,1-2H3. The predicted molar refractivity (Wildman–Crippen MR) is 94.4 cm³/mol. The molecule has 0 spiro atoms. The molecule has 0 bridgehead atoms. The van der Waals surface area contributed by atoms with Crippen molar-refractivity contribution in [2.24, 2.45) is 0 Å². The van der Waals surface area contributed by atoms with Crippen LogP contribution in [0.2, 0.25) is 0 Å². The molecule has 4 nitrogen and oxygen atoms in total. The van der Waals surface area contributed by atoms with Crippen LogP contribution >= 0.6 is 11.3 Å². The van der Waals surface area contributed by atoms with Gasteiger partial charge in [0.1, 0.15) is 17.4 Å². The van der Waals surface area contributed by atoms with Crippen LogP contribution in [0.25, 0.3) is 10.6 Å². The number of ether oxygens (including phenoxy) is 2. The van der Waals surface area contributed by atoms with Crippen molar-refractivity contribution in [1.82, 2.24) is 4.98 Å². The second-order valence-electron chi connectivity index (χ2n) is 5.30. The molecule has 5 heteroatoms. The Hall–Kier alpha value is -2.66. The van der Waals surface area contributed by atoms with Gasteiger partial charge in [0, 0.05) is 16.6 Å².